The van der Waals surface area contributed by atoms with E-state index in [-0.39, 0.29) is 12.8 Å². The maximum Gasteiger partial charge on any atom is 0.326 e. The summed E-state index contributed by atoms with van der Waals surface area (Å²) in [6, 6.07) is 1.91. The molecule has 0 saturated carbocycles. The van der Waals surface area contributed by atoms with Crippen molar-refractivity contribution >= 4 is 17.8 Å². The van der Waals surface area contributed by atoms with Crippen LogP contribution in [-0.4, -0.2) is 34.1 Å². The van der Waals surface area contributed by atoms with E-state index in [1.807, 2.05) is 0 Å². The number of aliphatic carboxylic acids is 2. The molecule has 8 heteroatoms. The molecule has 1 amide bonds. The van der Waals surface area contributed by atoms with E-state index >= 15 is 0 Å². The van der Waals surface area contributed by atoms with Crippen LogP contribution >= 0.6 is 0 Å². The molecule has 3 N–H and O–H groups in total. The molecule has 0 aliphatic heterocycles. The standard InChI is InChI=1S/C14H15F2NO5/c15-9-5-4-8(6-10(9)16)2-1-3-12(18)17-11(14(21)22)7-13(19)20/h4-6,11H,1-3,7H2,(H,17,18)(H,19,20)(H,21,22). The zero-order chi connectivity index (χ0) is 16.7. The van der Waals surface area contributed by atoms with Gasteiger partial charge in [-0.05, 0) is 30.5 Å². The Balaban J connectivity index is 2.43. The largest absolute Gasteiger partial charge is 0.481 e. The molecule has 1 atom stereocenters. The number of hydrogen-bond acceptors (Lipinski definition) is 3. The average molecular weight is 315 g/mol. The maximum absolute atomic E-state index is 13.0. The molecule has 1 unspecified atom stereocenters. The van der Waals surface area contributed by atoms with E-state index in [0.717, 1.165) is 12.1 Å². The summed E-state index contributed by atoms with van der Waals surface area (Å²) >= 11 is 0. The van der Waals surface area contributed by atoms with Gasteiger partial charge >= 0.3 is 11.9 Å². The van der Waals surface area contributed by atoms with Gasteiger partial charge in [0.25, 0.3) is 0 Å². The monoisotopic (exact) mass is 315 g/mol. The second kappa shape index (κ2) is 8.06. The number of rotatable bonds is 8. The van der Waals surface area contributed by atoms with Gasteiger partial charge in [0.2, 0.25) is 5.91 Å². The summed E-state index contributed by atoms with van der Waals surface area (Å²) in [6.07, 6.45) is -0.176. The Bertz CT molecular complexity index is 576. The van der Waals surface area contributed by atoms with Crippen LogP contribution in [0.1, 0.15) is 24.8 Å². The average Bonchev–Trinajstić information content (AvgIpc) is 2.41. The van der Waals surface area contributed by atoms with Crippen LogP contribution in [0.25, 0.3) is 0 Å². The predicted octanol–water partition coefficient (Wildman–Crippen LogP) is 1.33. The van der Waals surface area contributed by atoms with E-state index in [0.29, 0.717) is 12.0 Å². The minimum absolute atomic E-state index is 0.0532. The fourth-order valence-electron chi connectivity index (χ4n) is 1.79. The van der Waals surface area contributed by atoms with Crippen molar-refractivity contribution in [3.8, 4) is 0 Å². The van der Waals surface area contributed by atoms with Crippen LogP contribution in [0, 0.1) is 11.6 Å². The van der Waals surface area contributed by atoms with Gasteiger partial charge in [0, 0.05) is 6.42 Å². The molecule has 0 spiro atoms. The zero-order valence-electron chi connectivity index (χ0n) is 11.5. The fraction of sp³-hybridized carbons (Fsp3) is 0.357. The molecule has 6 nitrogen and oxygen atoms in total. The Hall–Kier alpha value is -2.51. The second-order valence-corrected chi connectivity index (χ2v) is 4.66. The summed E-state index contributed by atoms with van der Waals surface area (Å²) in [5.74, 6) is -5.32. The van der Waals surface area contributed by atoms with Crippen LogP contribution < -0.4 is 5.32 Å². The van der Waals surface area contributed by atoms with Gasteiger partial charge in [-0.1, -0.05) is 6.07 Å². The fourth-order valence-corrected chi connectivity index (χ4v) is 1.79. The Morgan fingerprint density at radius 1 is 1.14 bits per heavy atom. The number of carbonyl (C=O) groups excluding carboxylic acids is 1. The quantitative estimate of drug-likeness (QED) is 0.671. The number of halogens is 2. The van der Waals surface area contributed by atoms with Crippen LogP contribution in [0.15, 0.2) is 18.2 Å². The van der Waals surface area contributed by atoms with Gasteiger partial charge in [-0.2, -0.15) is 0 Å². The summed E-state index contributed by atoms with van der Waals surface area (Å²) < 4.78 is 25.7. The lowest BCUT2D eigenvalue weighted by molar-refractivity contribution is -0.147. The first kappa shape index (κ1) is 17.5. The summed E-state index contributed by atoms with van der Waals surface area (Å²) in [4.78, 5) is 32.8. The van der Waals surface area contributed by atoms with Crippen molar-refractivity contribution in [3.63, 3.8) is 0 Å². The number of carbonyl (C=O) groups is 3. The number of hydrogen-bond donors (Lipinski definition) is 3. The third kappa shape index (κ3) is 5.86. The van der Waals surface area contributed by atoms with Crippen molar-refractivity contribution in [2.75, 3.05) is 0 Å². The molecular weight excluding hydrogens is 300 g/mol. The highest BCUT2D eigenvalue weighted by Crippen LogP contribution is 2.11. The van der Waals surface area contributed by atoms with Gasteiger partial charge in [0.1, 0.15) is 6.04 Å². The summed E-state index contributed by atoms with van der Waals surface area (Å²) in [6.45, 7) is 0. The number of amides is 1. The normalized spacial score (nSPS) is 11.7. The maximum atomic E-state index is 13.0. The number of benzene rings is 1. The van der Waals surface area contributed by atoms with Gasteiger partial charge in [0.15, 0.2) is 11.6 Å². The molecule has 0 fully saturated rings. The molecule has 0 heterocycles. The highest BCUT2D eigenvalue weighted by atomic mass is 19.2. The lowest BCUT2D eigenvalue weighted by Crippen LogP contribution is -2.42. The number of nitrogens with one attached hydrogen (secondary N) is 1. The van der Waals surface area contributed by atoms with E-state index in [2.05, 4.69) is 5.32 Å². The Morgan fingerprint density at radius 3 is 2.36 bits per heavy atom. The zero-order valence-corrected chi connectivity index (χ0v) is 11.5. The van der Waals surface area contributed by atoms with Crippen molar-refractivity contribution < 1.29 is 33.4 Å². The summed E-state index contributed by atoms with van der Waals surface area (Å²) in [5, 5.41) is 19.4. The molecule has 0 saturated heterocycles. The molecule has 0 aliphatic rings. The summed E-state index contributed by atoms with van der Waals surface area (Å²) in [5.41, 5.74) is 0.507. The lowest BCUT2D eigenvalue weighted by atomic mass is 10.1. The molecule has 0 aliphatic carbocycles. The van der Waals surface area contributed by atoms with Crippen molar-refractivity contribution in [2.45, 2.75) is 31.7 Å². The second-order valence-electron chi connectivity index (χ2n) is 4.66. The lowest BCUT2D eigenvalue weighted by Gasteiger charge is -2.12. The Kier molecular flexibility index (Phi) is 6.43. The first-order chi connectivity index (χ1) is 10.3. The van der Waals surface area contributed by atoms with Crippen molar-refractivity contribution in [2.24, 2.45) is 0 Å². The van der Waals surface area contributed by atoms with E-state index in [1.54, 1.807) is 0 Å². The Labute approximate surface area is 124 Å². The predicted molar refractivity (Wildman–Crippen MR) is 71.1 cm³/mol. The van der Waals surface area contributed by atoms with Crippen LogP contribution in [-0.2, 0) is 20.8 Å². The van der Waals surface area contributed by atoms with Crippen molar-refractivity contribution in [3.05, 3.63) is 35.4 Å². The molecule has 1 aromatic rings. The minimum atomic E-state index is -1.49. The van der Waals surface area contributed by atoms with Gasteiger partial charge in [-0.25, -0.2) is 13.6 Å². The molecule has 1 rings (SSSR count). The van der Waals surface area contributed by atoms with Crippen LogP contribution in [0.4, 0.5) is 8.78 Å². The highest BCUT2D eigenvalue weighted by molar-refractivity contribution is 5.86. The van der Waals surface area contributed by atoms with Crippen LogP contribution in [0.5, 0.6) is 0 Å². The third-order valence-corrected chi connectivity index (χ3v) is 2.87. The minimum Gasteiger partial charge on any atom is -0.481 e. The van der Waals surface area contributed by atoms with E-state index in [9.17, 15) is 23.2 Å². The van der Waals surface area contributed by atoms with Crippen molar-refractivity contribution in [1.82, 2.24) is 5.32 Å². The number of carboxylic acid groups (broad SMARTS) is 2. The van der Waals surface area contributed by atoms with Gasteiger partial charge in [-0.15, -0.1) is 0 Å². The molecule has 0 bridgehead atoms. The Morgan fingerprint density at radius 2 is 1.82 bits per heavy atom. The highest BCUT2D eigenvalue weighted by Gasteiger charge is 2.22. The van der Waals surface area contributed by atoms with E-state index in [4.69, 9.17) is 10.2 Å². The topological polar surface area (TPSA) is 104 Å². The van der Waals surface area contributed by atoms with Gasteiger partial charge in [-0.3, -0.25) is 9.59 Å². The van der Waals surface area contributed by atoms with E-state index in [1.165, 1.54) is 6.07 Å². The number of aryl methyl sites for hydroxylation is 1. The molecule has 0 radical (unpaired) electrons. The first-order valence-electron chi connectivity index (χ1n) is 6.47. The summed E-state index contributed by atoms with van der Waals surface area (Å²) in [7, 11) is 0. The molecule has 22 heavy (non-hydrogen) atoms. The van der Waals surface area contributed by atoms with Gasteiger partial charge < -0.3 is 15.5 Å². The van der Waals surface area contributed by atoms with E-state index < -0.39 is 41.9 Å². The molecule has 0 aromatic heterocycles. The first-order valence-corrected chi connectivity index (χ1v) is 6.47. The van der Waals surface area contributed by atoms with Gasteiger partial charge in [0.05, 0.1) is 6.42 Å². The van der Waals surface area contributed by atoms with Crippen LogP contribution in [0.3, 0.4) is 0 Å². The number of carboxylic acids is 2. The van der Waals surface area contributed by atoms with Crippen molar-refractivity contribution in [1.29, 1.82) is 0 Å². The molecular formula is C14H15F2NO5. The smallest absolute Gasteiger partial charge is 0.326 e. The van der Waals surface area contributed by atoms with Crippen LogP contribution in [0.2, 0.25) is 0 Å². The molecule has 1 aromatic carbocycles. The molecule has 120 valence electrons. The SMILES string of the molecule is O=C(O)CC(NC(=O)CCCc1ccc(F)c(F)c1)C(=O)O. The third-order valence-electron chi connectivity index (χ3n) is 2.87.